The molecule has 0 spiro atoms. The topological polar surface area (TPSA) is 20.2 Å². The summed E-state index contributed by atoms with van der Waals surface area (Å²) in [6, 6.07) is 6.07. The van der Waals surface area contributed by atoms with Crippen LogP contribution >= 0.6 is 15.9 Å². The summed E-state index contributed by atoms with van der Waals surface area (Å²) in [5.74, 6) is 1.48. The highest BCUT2D eigenvalue weighted by atomic mass is 79.9. The maximum atomic E-state index is 10.2. The summed E-state index contributed by atoms with van der Waals surface area (Å²) in [7, 11) is 0. The smallest absolute Gasteiger partial charge is 0.119 e. The average molecular weight is 297 g/mol. The number of aryl methyl sites for hydroxylation is 1. The number of hydrogen-bond acceptors (Lipinski definition) is 1. The standard InChI is InChI=1S/C15H21BrO/c1-9-5-6-11(12(17)7-9)14-10(2)8-13(16)15(14,3)4/h5-7,10,13-14,17H,8H2,1-4H3/t10-,13+,14-/m0/s1. The van der Waals surface area contributed by atoms with Crippen LogP contribution < -0.4 is 0 Å². The molecule has 1 aromatic rings. The van der Waals surface area contributed by atoms with Crippen molar-refractivity contribution in [3.05, 3.63) is 29.3 Å². The Labute approximate surface area is 112 Å². The molecule has 94 valence electrons. The van der Waals surface area contributed by atoms with Crippen molar-refractivity contribution in [1.82, 2.24) is 0 Å². The Morgan fingerprint density at radius 2 is 2.00 bits per heavy atom. The average Bonchev–Trinajstić information content (AvgIpc) is 2.39. The summed E-state index contributed by atoms with van der Waals surface area (Å²) in [6.45, 7) is 8.88. The molecule has 0 aliphatic heterocycles. The molecule has 1 aliphatic rings. The second-order valence-electron chi connectivity index (χ2n) is 6.04. The molecule has 0 aromatic heterocycles. The van der Waals surface area contributed by atoms with E-state index >= 15 is 0 Å². The molecule has 0 heterocycles. The molecule has 0 bridgehead atoms. The predicted octanol–water partition coefficient (Wildman–Crippen LogP) is 4.61. The molecule has 2 rings (SSSR count). The highest BCUT2D eigenvalue weighted by Gasteiger charge is 2.47. The van der Waals surface area contributed by atoms with Crippen molar-refractivity contribution >= 4 is 15.9 Å². The molecule has 1 fully saturated rings. The van der Waals surface area contributed by atoms with E-state index in [0.29, 0.717) is 22.4 Å². The third-order valence-corrected chi connectivity index (χ3v) is 5.83. The van der Waals surface area contributed by atoms with Gasteiger partial charge in [-0.25, -0.2) is 0 Å². The van der Waals surface area contributed by atoms with Gasteiger partial charge in [-0.05, 0) is 47.8 Å². The lowest BCUT2D eigenvalue weighted by Gasteiger charge is -2.32. The van der Waals surface area contributed by atoms with Crippen molar-refractivity contribution < 1.29 is 5.11 Å². The molecule has 0 radical (unpaired) electrons. The lowest BCUT2D eigenvalue weighted by Crippen LogP contribution is -2.25. The van der Waals surface area contributed by atoms with Crippen LogP contribution in [0.3, 0.4) is 0 Å². The zero-order valence-electron chi connectivity index (χ0n) is 11.0. The van der Waals surface area contributed by atoms with Crippen molar-refractivity contribution in [3.8, 4) is 5.75 Å². The van der Waals surface area contributed by atoms with Crippen LogP contribution in [0.25, 0.3) is 0 Å². The first-order valence-corrected chi connectivity index (χ1v) is 7.19. The lowest BCUT2D eigenvalue weighted by molar-refractivity contribution is 0.306. The van der Waals surface area contributed by atoms with Crippen molar-refractivity contribution in [2.45, 2.75) is 44.9 Å². The van der Waals surface area contributed by atoms with Gasteiger partial charge in [-0.3, -0.25) is 0 Å². The number of benzene rings is 1. The predicted molar refractivity (Wildman–Crippen MR) is 75.9 cm³/mol. The van der Waals surface area contributed by atoms with Crippen molar-refractivity contribution in [1.29, 1.82) is 0 Å². The largest absolute Gasteiger partial charge is 0.508 e. The normalized spacial score (nSPS) is 31.7. The minimum Gasteiger partial charge on any atom is -0.508 e. The number of aromatic hydroxyl groups is 1. The minimum absolute atomic E-state index is 0.187. The first kappa shape index (κ1) is 12.9. The van der Waals surface area contributed by atoms with Gasteiger partial charge in [0, 0.05) is 4.83 Å². The van der Waals surface area contributed by atoms with Gasteiger partial charge in [0.05, 0.1) is 0 Å². The van der Waals surface area contributed by atoms with Crippen LogP contribution in [0.5, 0.6) is 5.75 Å². The van der Waals surface area contributed by atoms with Gasteiger partial charge in [0.1, 0.15) is 5.75 Å². The van der Waals surface area contributed by atoms with Gasteiger partial charge < -0.3 is 5.11 Å². The van der Waals surface area contributed by atoms with Crippen LogP contribution in [0.15, 0.2) is 18.2 Å². The van der Waals surface area contributed by atoms with Crippen LogP contribution in [-0.4, -0.2) is 9.93 Å². The van der Waals surface area contributed by atoms with Gasteiger partial charge >= 0.3 is 0 Å². The number of hydrogen-bond donors (Lipinski definition) is 1. The molecule has 1 nitrogen and oxygen atoms in total. The van der Waals surface area contributed by atoms with Crippen molar-refractivity contribution in [2.24, 2.45) is 11.3 Å². The number of halogens is 1. The van der Waals surface area contributed by atoms with Gasteiger partial charge in [-0.2, -0.15) is 0 Å². The molecule has 0 amide bonds. The van der Waals surface area contributed by atoms with Crippen LogP contribution in [0.2, 0.25) is 0 Å². The Hall–Kier alpha value is -0.500. The Morgan fingerprint density at radius 3 is 2.47 bits per heavy atom. The van der Waals surface area contributed by atoms with E-state index < -0.39 is 0 Å². The number of alkyl halides is 1. The molecular formula is C15H21BrO. The molecule has 1 N–H and O–H groups in total. The second kappa shape index (κ2) is 4.31. The van der Waals surface area contributed by atoms with E-state index in [1.54, 1.807) is 0 Å². The van der Waals surface area contributed by atoms with Crippen molar-refractivity contribution in [3.63, 3.8) is 0 Å². The summed E-state index contributed by atoms with van der Waals surface area (Å²) in [6.07, 6.45) is 1.17. The highest BCUT2D eigenvalue weighted by molar-refractivity contribution is 9.09. The van der Waals surface area contributed by atoms with Gasteiger partial charge in [0.15, 0.2) is 0 Å². The molecule has 2 heteroatoms. The Bertz CT molecular complexity index is 425. The monoisotopic (exact) mass is 296 g/mol. The van der Waals surface area contributed by atoms with E-state index in [0.717, 1.165) is 11.1 Å². The van der Waals surface area contributed by atoms with Crippen molar-refractivity contribution in [2.75, 3.05) is 0 Å². The first-order valence-electron chi connectivity index (χ1n) is 6.27. The van der Waals surface area contributed by atoms with E-state index in [1.165, 1.54) is 6.42 Å². The Morgan fingerprint density at radius 1 is 1.35 bits per heavy atom. The minimum atomic E-state index is 0.187. The summed E-state index contributed by atoms with van der Waals surface area (Å²) in [5.41, 5.74) is 2.41. The van der Waals surface area contributed by atoms with Crippen LogP contribution in [0, 0.1) is 18.3 Å². The van der Waals surface area contributed by atoms with Gasteiger partial charge in [0.25, 0.3) is 0 Å². The summed E-state index contributed by atoms with van der Waals surface area (Å²) in [4.78, 5) is 0.524. The zero-order chi connectivity index (χ0) is 12.8. The van der Waals surface area contributed by atoms with E-state index in [-0.39, 0.29) is 5.41 Å². The molecule has 3 atom stereocenters. The summed E-state index contributed by atoms with van der Waals surface area (Å²) < 4.78 is 0. The third kappa shape index (κ3) is 2.12. The molecule has 0 saturated heterocycles. The van der Waals surface area contributed by atoms with E-state index in [4.69, 9.17) is 0 Å². The molecular weight excluding hydrogens is 276 g/mol. The molecule has 1 aliphatic carbocycles. The van der Waals surface area contributed by atoms with E-state index in [9.17, 15) is 5.11 Å². The Balaban J connectivity index is 2.45. The fraction of sp³-hybridized carbons (Fsp3) is 0.600. The quantitative estimate of drug-likeness (QED) is 0.750. The number of phenols is 1. The second-order valence-corrected chi connectivity index (χ2v) is 7.15. The maximum absolute atomic E-state index is 10.2. The summed E-state index contributed by atoms with van der Waals surface area (Å²) >= 11 is 3.80. The van der Waals surface area contributed by atoms with Crippen LogP contribution in [0.4, 0.5) is 0 Å². The Kier molecular flexibility index (Phi) is 3.28. The molecule has 1 saturated carbocycles. The van der Waals surface area contributed by atoms with Crippen LogP contribution in [-0.2, 0) is 0 Å². The van der Waals surface area contributed by atoms with Crippen LogP contribution in [0.1, 0.15) is 44.2 Å². The fourth-order valence-electron chi connectivity index (χ4n) is 3.32. The summed E-state index contributed by atoms with van der Waals surface area (Å²) in [5, 5.41) is 10.2. The van der Waals surface area contributed by atoms with Gasteiger partial charge in [0.2, 0.25) is 0 Å². The third-order valence-electron chi connectivity index (χ3n) is 4.28. The van der Waals surface area contributed by atoms with Gasteiger partial charge in [-0.15, -0.1) is 0 Å². The first-order chi connectivity index (χ1) is 7.84. The number of rotatable bonds is 1. The van der Waals surface area contributed by atoms with Gasteiger partial charge in [-0.1, -0.05) is 48.8 Å². The highest BCUT2D eigenvalue weighted by Crippen LogP contribution is 2.56. The molecule has 17 heavy (non-hydrogen) atoms. The maximum Gasteiger partial charge on any atom is 0.119 e. The molecule has 0 unspecified atom stereocenters. The number of phenolic OH excluding ortho intramolecular Hbond substituents is 1. The molecule has 1 aromatic carbocycles. The van der Waals surface area contributed by atoms with E-state index in [2.05, 4.69) is 48.8 Å². The fourth-order valence-corrected chi connectivity index (χ4v) is 4.19. The van der Waals surface area contributed by atoms with E-state index in [1.807, 2.05) is 13.0 Å². The zero-order valence-corrected chi connectivity index (χ0v) is 12.6. The SMILES string of the molecule is Cc1ccc([C@@H]2[C@@H](C)C[C@@H](Br)C2(C)C)c(O)c1. The lowest BCUT2D eigenvalue weighted by atomic mass is 9.74.